The van der Waals surface area contributed by atoms with Gasteiger partial charge in [0.2, 0.25) is 0 Å². The van der Waals surface area contributed by atoms with Crippen molar-refractivity contribution in [3.8, 4) is 0 Å². The second kappa shape index (κ2) is 4.27. The van der Waals surface area contributed by atoms with Crippen molar-refractivity contribution in [2.24, 2.45) is 5.73 Å². The molecular formula is C7H11NS. The van der Waals surface area contributed by atoms with Gasteiger partial charge in [-0.15, -0.1) is 11.8 Å². The quantitative estimate of drug-likeness (QED) is 0.610. The van der Waals surface area contributed by atoms with Crippen LogP contribution in [-0.2, 0) is 0 Å². The first-order valence-electron chi connectivity index (χ1n) is 2.58. The molecule has 0 aliphatic heterocycles. The number of nitrogens with two attached hydrogens (primary N) is 1. The smallest absolute Gasteiger partial charge is 0.0405 e. The van der Waals surface area contributed by atoms with Crippen LogP contribution in [-0.4, -0.2) is 0 Å². The topological polar surface area (TPSA) is 26.0 Å². The SMILES string of the molecule is C=CS/C(C)=C(/N)C=C. The normalized spacial score (nSPS) is 12.1. The lowest BCUT2D eigenvalue weighted by atomic mass is 10.4. The van der Waals surface area contributed by atoms with Gasteiger partial charge < -0.3 is 5.73 Å². The number of hydrogen-bond acceptors (Lipinski definition) is 2. The van der Waals surface area contributed by atoms with Crippen molar-refractivity contribution in [1.29, 1.82) is 0 Å². The number of rotatable bonds is 3. The number of allylic oxidation sites excluding steroid dienone is 2. The zero-order valence-electron chi connectivity index (χ0n) is 5.55. The van der Waals surface area contributed by atoms with Crippen LogP contribution in [0.15, 0.2) is 35.2 Å². The molecule has 0 aliphatic rings. The van der Waals surface area contributed by atoms with E-state index in [-0.39, 0.29) is 0 Å². The van der Waals surface area contributed by atoms with Gasteiger partial charge in [0.15, 0.2) is 0 Å². The van der Waals surface area contributed by atoms with Gasteiger partial charge in [-0.1, -0.05) is 13.2 Å². The van der Waals surface area contributed by atoms with Crippen LogP contribution in [0.5, 0.6) is 0 Å². The molecule has 0 aromatic rings. The highest BCUT2D eigenvalue weighted by molar-refractivity contribution is 8.05. The Labute approximate surface area is 60.3 Å². The first-order valence-corrected chi connectivity index (χ1v) is 3.46. The Hall–Kier alpha value is -0.630. The van der Waals surface area contributed by atoms with E-state index in [1.54, 1.807) is 11.5 Å². The lowest BCUT2D eigenvalue weighted by molar-refractivity contribution is 1.38. The first kappa shape index (κ1) is 8.37. The van der Waals surface area contributed by atoms with Crippen molar-refractivity contribution in [2.75, 3.05) is 0 Å². The van der Waals surface area contributed by atoms with Gasteiger partial charge in [0.25, 0.3) is 0 Å². The van der Waals surface area contributed by atoms with Crippen molar-refractivity contribution < 1.29 is 0 Å². The van der Waals surface area contributed by atoms with Crippen LogP contribution in [0, 0.1) is 0 Å². The molecule has 0 spiro atoms. The van der Waals surface area contributed by atoms with Gasteiger partial charge in [-0.25, -0.2) is 0 Å². The summed E-state index contributed by atoms with van der Waals surface area (Å²) in [6.45, 7) is 9.02. The Morgan fingerprint density at radius 3 is 2.44 bits per heavy atom. The third-order valence-corrected chi connectivity index (χ3v) is 1.64. The Kier molecular flexibility index (Phi) is 3.97. The lowest BCUT2D eigenvalue weighted by Gasteiger charge is -1.96. The van der Waals surface area contributed by atoms with Crippen LogP contribution in [0.3, 0.4) is 0 Å². The minimum absolute atomic E-state index is 0.722. The Morgan fingerprint density at radius 1 is 1.56 bits per heavy atom. The van der Waals surface area contributed by atoms with Crippen LogP contribution in [0.1, 0.15) is 6.92 Å². The van der Waals surface area contributed by atoms with E-state index >= 15 is 0 Å². The molecule has 0 amide bonds. The summed E-state index contributed by atoms with van der Waals surface area (Å²) >= 11 is 1.51. The molecular weight excluding hydrogens is 130 g/mol. The summed E-state index contributed by atoms with van der Waals surface area (Å²) in [4.78, 5) is 1.04. The van der Waals surface area contributed by atoms with Gasteiger partial charge in [-0.05, 0) is 18.4 Å². The zero-order chi connectivity index (χ0) is 7.28. The maximum Gasteiger partial charge on any atom is 0.0405 e. The van der Waals surface area contributed by atoms with E-state index in [4.69, 9.17) is 5.73 Å². The maximum absolute atomic E-state index is 5.50. The van der Waals surface area contributed by atoms with Gasteiger partial charge in [-0.3, -0.25) is 0 Å². The molecule has 9 heavy (non-hydrogen) atoms. The van der Waals surface area contributed by atoms with Crippen molar-refractivity contribution in [3.63, 3.8) is 0 Å². The summed E-state index contributed by atoms with van der Waals surface area (Å²) in [6, 6.07) is 0. The maximum atomic E-state index is 5.50. The van der Waals surface area contributed by atoms with Gasteiger partial charge in [0, 0.05) is 10.6 Å². The fraction of sp³-hybridized carbons (Fsp3) is 0.143. The van der Waals surface area contributed by atoms with Crippen LogP contribution in [0.2, 0.25) is 0 Å². The fourth-order valence-corrected chi connectivity index (χ4v) is 0.806. The molecule has 0 rings (SSSR count). The second-order valence-electron chi connectivity index (χ2n) is 1.50. The molecule has 0 saturated heterocycles. The molecule has 0 aliphatic carbocycles. The second-order valence-corrected chi connectivity index (χ2v) is 2.68. The van der Waals surface area contributed by atoms with Gasteiger partial charge in [0.1, 0.15) is 0 Å². The van der Waals surface area contributed by atoms with E-state index in [0.29, 0.717) is 0 Å². The van der Waals surface area contributed by atoms with E-state index in [1.165, 1.54) is 11.8 Å². The predicted octanol–water partition coefficient (Wildman–Crippen LogP) is 2.24. The highest BCUT2D eigenvalue weighted by Gasteiger charge is 1.88. The molecule has 0 aromatic heterocycles. The number of thioether (sulfide) groups is 1. The zero-order valence-corrected chi connectivity index (χ0v) is 6.37. The summed E-state index contributed by atoms with van der Waals surface area (Å²) in [6.07, 6.45) is 1.63. The largest absolute Gasteiger partial charge is 0.398 e. The van der Waals surface area contributed by atoms with E-state index < -0.39 is 0 Å². The first-order chi connectivity index (χ1) is 4.22. The Morgan fingerprint density at radius 2 is 2.11 bits per heavy atom. The molecule has 0 radical (unpaired) electrons. The van der Waals surface area contributed by atoms with E-state index in [2.05, 4.69) is 13.2 Å². The Bertz CT molecular complexity index is 147. The summed E-state index contributed by atoms with van der Waals surface area (Å²) in [5.41, 5.74) is 6.22. The molecule has 0 bridgehead atoms. The van der Waals surface area contributed by atoms with Crippen molar-refractivity contribution in [1.82, 2.24) is 0 Å². The summed E-state index contributed by atoms with van der Waals surface area (Å²) in [7, 11) is 0. The van der Waals surface area contributed by atoms with Crippen molar-refractivity contribution >= 4 is 11.8 Å². The number of hydrogen-bond donors (Lipinski definition) is 1. The lowest BCUT2D eigenvalue weighted by Crippen LogP contribution is -1.93. The van der Waals surface area contributed by atoms with E-state index in [0.717, 1.165) is 10.6 Å². The molecule has 0 heterocycles. The highest BCUT2D eigenvalue weighted by Crippen LogP contribution is 2.16. The molecule has 0 saturated carbocycles. The minimum atomic E-state index is 0.722. The van der Waals surface area contributed by atoms with E-state index in [1.807, 2.05) is 6.92 Å². The monoisotopic (exact) mass is 141 g/mol. The minimum Gasteiger partial charge on any atom is -0.398 e. The summed E-state index contributed by atoms with van der Waals surface area (Å²) in [5, 5.41) is 1.74. The predicted molar refractivity (Wildman–Crippen MR) is 44.9 cm³/mol. The Balaban J connectivity index is 4.08. The van der Waals surface area contributed by atoms with Crippen LogP contribution in [0.4, 0.5) is 0 Å². The summed E-state index contributed by atoms with van der Waals surface area (Å²) in [5.74, 6) is 0. The van der Waals surface area contributed by atoms with E-state index in [9.17, 15) is 0 Å². The average Bonchev–Trinajstić information content (AvgIpc) is 1.87. The van der Waals surface area contributed by atoms with Crippen LogP contribution in [0.25, 0.3) is 0 Å². The molecule has 0 unspecified atom stereocenters. The fourth-order valence-electron chi connectivity index (χ4n) is 0.337. The van der Waals surface area contributed by atoms with Crippen LogP contribution >= 0.6 is 11.8 Å². The summed E-state index contributed by atoms with van der Waals surface area (Å²) < 4.78 is 0. The average molecular weight is 141 g/mol. The van der Waals surface area contributed by atoms with Gasteiger partial charge in [0.05, 0.1) is 0 Å². The molecule has 0 aromatic carbocycles. The van der Waals surface area contributed by atoms with Gasteiger partial charge >= 0.3 is 0 Å². The molecule has 50 valence electrons. The molecule has 0 atom stereocenters. The molecule has 1 nitrogen and oxygen atoms in total. The highest BCUT2D eigenvalue weighted by atomic mass is 32.2. The molecule has 0 fully saturated rings. The van der Waals surface area contributed by atoms with Gasteiger partial charge in [-0.2, -0.15) is 0 Å². The molecule has 2 N–H and O–H groups in total. The van der Waals surface area contributed by atoms with Crippen molar-refractivity contribution in [2.45, 2.75) is 6.92 Å². The molecule has 2 heteroatoms. The standard InChI is InChI=1S/C7H11NS/c1-4-7(8)6(3)9-5-2/h4-5H,1-2,8H2,3H3/b7-6+. The van der Waals surface area contributed by atoms with Crippen molar-refractivity contribution in [3.05, 3.63) is 35.2 Å². The third-order valence-electron chi connectivity index (χ3n) is 0.887. The third kappa shape index (κ3) is 3.03. The van der Waals surface area contributed by atoms with Crippen LogP contribution < -0.4 is 5.73 Å².